The van der Waals surface area contributed by atoms with Crippen LogP contribution in [0.4, 0.5) is 26.3 Å². The summed E-state index contributed by atoms with van der Waals surface area (Å²) in [6.45, 7) is 4.10. The van der Waals surface area contributed by atoms with Crippen LogP contribution in [0.25, 0.3) is 56.0 Å². The van der Waals surface area contributed by atoms with Crippen LogP contribution in [-0.4, -0.2) is 0 Å². The number of hydrogen-bond acceptors (Lipinski definition) is 0. The maximum absolute atomic E-state index is 13.0. The maximum atomic E-state index is 13.0. The topological polar surface area (TPSA) is 0 Å². The van der Waals surface area contributed by atoms with Crippen LogP contribution in [0, 0.1) is 0 Å². The van der Waals surface area contributed by atoms with Gasteiger partial charge in [-0.15, -0.1) is 0 Å². The Bertz CT molecular complexity index is 2200. The molecule has 2 aliphatic carbocycles. The number of halogens is 6. The number of fused-ring (bicyclic) bond motifs is 4. The average molecular weight is 649 g/mol. The Morgan fingerprint density at radius 3 is 1.71 bits per heavy atom. The van der Waals surface area contributed by atoms with Gasteiger partial charge in [0.2, 0.25) is 0 Å². The number of benzene rings is 6. The Hall–Kier alpha value is -5.10. The molecule has 0 amide bonds. The highest BCUT2D eigenvalue weighted by Gasteiger charge is 2.37. The Morgan fingerprint density at radius 2 is 1.08 bits per heavy atom. The molecule has 0 aliphatic heterocycles. The molecule has 0 unspecified atom stereocenters. The van der Waals surface area contributed by atoms with Gasteiger partial charge in [0.25, 0.3) is 0 Å². The summed E-state index contributed by atoms with van der Waals surface area (Å²) in [7, 11) is 0. The second-order valence-electron chi connectivity index (χ2n) is 12.6. The van der Waals surface area contributed by atoms with Crippen molar-refractivity contribution in [2.75, 3.05) is 0 Å². The van der Waals surface area contributed by atoms with Gasteiger partial charge in [0.05, 0.1) is 11.1 Å². The SMILES string of the molecule is CC1=Cc2c(cccc2-c2cc(C(F)(F)F)cc(C(F)(F)F)c2)C1.CC1=Cc2cccc(-c3c4ccccc4cc4ccccc34)c2C1. The van der Waals surface area contributed by atoms with E-state index >= 15 is 0 Å². The zero-order chi connectivity index (χ0) is 33.8. The molecule has 0 fully saturated rings. The van der Waals surface area contributed by atoms with E-state index in [1.165, 1.54) is 49.4 Å². The predicted molar refractivity (Wildman–Crippen MR) is 183 cm³/mol. The van der Waals surface area contributed by atoms with Crippen molar-refractivity contribution >= 4 is 33.7 Å². The minimum absolute atomic E-state index is 0.0834. The Kier molecular flexibility index (Phi) is 7.78. The minimum Gasteiger partial charge on any atom is -0.166 e. The molecular formula is C42H30F6. The van der Waals surface area contributed by atoms with E-state index in [1.54, 1.807) is 18.2 Å². The lowest BCUT2D eigenvalue weighted by molar-refractivity contribution is -0.143. The first-order valence-corrected chi connectivity index (χ1v) is 15.7. The Labute approximate surface area is 274 Å². The molecule has 0 bridgehead atoms. The van der Waals surface area contributed by atoms with Crippen LogP contribution in [-0.2, 0) is 25.2 Å². The monoisotopic (exact) mass is 648 g/mol. The Balaban J connectivity index is 0.000000152. The van der Waals surface area contributed by atoms with Gasteiger partial charge in [-0.2, -0.15) is 26.3 Å². The quantitative estimate of drug-likeness (QED) is 0.129. The van der Waals surface area contributed by atoms with E-state index in [1.807, 2.05) is 13.0 Å². The molecule has 48 heavy (non-hydrogen) atoms. The van der Waals surface area contributed by atoms with Crippen molar-refractivity contribution in [3.05, 3.63) is 154 Å². The zero-order valence-corrected chi connectivity index (χ0v) is 26.2. The van der Waals surface area contributed by atoms with E-state index in [2.05, 4.69) is 85.8 Å². The first-order valence-electron chi connectivity index (χ1n) is 15.7. The van der Waals surface area contributed by atoms with E-state index in [0.29, 0.717) is 17.5 Å². The van der Waals surface area contributed by atoms with Crippen molar-refractivity contribution in [2.45, 2.75) is 39.0 Å². The third kappa shape index (κ3) is 5.92. The first-order chi connectivity index (χ1) is 22.9. The van der Waals surface area contributed by atoms with Gasteiger partial charge in [0.1, 0.15) is 0 Å². The molecule has 2 aliphatic rings. The van der Waals surface area contributed by atoms with Crippen molar-refractivity contribution in [3.63, 3.8) is 0 Å². The smallest absolute Gasteiger partial charge is 0.166 e. The van der Waals surface area contributed by atoms with E-state index in [4.69, 9.17) is 0 Å². The predicted octanol–water partition coefficient (Wildman–Crippen LogP) is 13.0. The fourth-order valence-electron chi connectivity index (χ4n) is 6.97. The molecule has 0 N–H and O–H groups in total. The summed E-state index contributed by atoms with van der Waals surface area (Å²) < 4.78 is 78.1. The molecule has 0 saturated heterocycles. The van der Waals surface area contributed by atoms with E-state index in [9.17, 15) is 26.3 Å². The molecule has 8 rings (SSSR count). The van der Waals surface area contributed by atoms with Crippen LogP contribution in [0.5, 0.6) is 0 Å². The fourth-order valence-corrected chi connectivity index (χ4v) is 6.97. The normalized spacial score (nSPS) is 13.9. The largest absolute Gasteiger partial charge is 0.416 e. The zero-order valence-electron chi connectivity index (χ0n) is 26.2. The lowest BCUT2D eigenvalue weighted by Gasteiger charge is -2.15. The van der Waals surface area contributed by atoms with Crippen molar-refractivity contribution in [1.29, 1.82) is 0 Å². The van der Waals surface area contributed by atoms with Gasteiger partial charge >= 0.3 is 12.4 Å². The lowest BCUT2D eigenvalue weighted by atomic mass is 9.88. The Morgan fingerprint density at radius 1 is 0.521 bits per heavy atom. The van der Waals surface area contributed by atoms with E-state index in [-0.39, 0.29) is 11.6 Å². The molecule has 0 spiro atoms. The molecule has 0 radical (unpaired) electrons. The third-order valence-electron chi connectivity index (χ3n) is 9.07. The lowest BCUT2D eigenvalue weighted by Crippen LogP contribution is -2.11. The summed E-state index contributed by atoms with van der Waals surface area (Å²) in [5, 5.41) is 5.31. The summed E-state index contributed by atoms with van der Waals surface area (Å²) >= 11 is 0. The van der Waals surface area contributed by atoms with E-state index < -0.39 is 23.5 Å². The van der Waals surface area contributed by atoms with E-state index in [0.717, 1.165) is 29.7 Å². The second-order valence-corrected chi connectivity index (χ2v) is 12.6. The summed E-state index contributed by atoms with van der Waals surface area (Å²) in [6, 6.07) is 33.2. The highest BCUT2D eigenvalue weighted by molar-refractivity contribution is 6.13. The number of hydrogen-bond donors (Lipinski definition) is 0. The first kappa shape index (κ1) is 31.5. The van der Waals surface area contributed by atoms with Crippen molar-refractivity contribution < 1.29 is 26.3 Å². The van der Waals surface area contributed by atoms with Gasteiger partial charge in [0.15, 0.2) is 0 Å². The second kappa shape index (κ2) is 11.9. The van der Waals surface area contributed by atoms with Gasteiger partial charge in [-0.3, -0.25) is 0 Å². The average Bonchev–Trinajstić information content (AvgIpc) is 3.63. The summed E-state index contributed by atoms with van der Waals surface area (Å²) in [5.41, 5.74) is 7.34. The molecule has 0 heterocycles. The molecule has 240 valence electrons. The summed E-state index contributed by atoms with van der Waals surface area (Å²) in [4.78, 5) is 0. The van der Waals surface area contributed by atoms with Crippen molar-refractivity contribution in [3.8, 4) is 22.3 Å². The van der Waals surface area contributed by atoms with Crippen LogP contribution in [0.2, 0.25) is 0 Å². The summed E-state index contributed by atoms with van der Waals surface area (Å²) in [6.07, 6.45) is -3.86. The molecule has 0 saturated carbocycles. The highest BCUT2D eigenvalue weighted by atomic mass is 19.4. The van der Waals surface area contributed by atoms with Gasteiger partial charge in [-0.25, -0.2) is 0 Å². The van der Waals surface area contributed by atoms with Crippen LogP contribution in [0.3, 0.4) is 0 Å². The molecule has 6 aromatic rings. The van der Waals surface area contributed by atoms with Gasteiger partial charge in [0, 0.05) is 0 Å². The van der Waals surface area contributed by atoms with Crippen molar-refractivity contribution in [1.82, 2.24) is 0 Å². The number of alkyl halides is 6. The summed E-state index contributed by atoms with van der Waals surface area (Å²) in [5.74, 6) is 0. The third-order valence-corrected chi connectivity index (χ3v) is 9.07. The molecule has 6 aromatic carbocycles. The van der Waals surface area contributed by atoms with Crippen LogP contribution >= 0.6 is 0 Å². The minimum atomic E-state index is -4.85. The molecule has 6 heteroatoms. The molecule has 0 nitrogen and oxygen atoms in total. The number of allylic oxidation sites excluding steroid dienone is 2. The van der Waals surface area contributed by atoms with Crippen LogP contribution in [0.1, 0.15) is 47.2 Å². The molecule has 0 atom stereocenters. The highest BCUT2D eigenvalue weighted by Crippen LogP contribution is 2.43. The van der Waals surface area contributed by atoms with Crippen molar-refractivity contribution in [2.24, 2.45) is 0 Å². The van der Waals surface area contributed by atoms with Crippen LogP contribution in [0.15, 0.2) is 120 Å². The number of rotatable bonds is 2. The van der Waals surface area contributed by atoms with Gasteiger partial charge < -0.3 is 0 Å². The molecular weight excluding hydrogens is 618 g/mol. The molecule has 0 aromatic heterocycles. The standard InChI is InChI=1S/C24H18.C18H12F6/c1-16-13-17-9-6-12-22(23(17)14-16)24-20-10-4-2-7-18(20)15-19-8-3-5-11-21(19)24;1-10-5-11-3-2-4-15(16(11)6-10)12-7-13(17(19,20)21)9-14(8-12)18(22,23)24/h2-13,15H,14H2,1H3;2-4,6-9H,5H2,1H3. The maximum Gasteiger partial charge on any atom is 0.416 e. The van der Waals surface area contributed by atoms with Gasteiger partial charge in [-0.1, -0.05) is 108 Å². The van der Waals surface area contributed by atoms with Gasteiger partial charge in [-0.05, 0) is 117 Å². The fraction of sp³-hybridized carbons (Fsp3) is 0.143. The van der Waals surface area contributed by atoms with Crippen LogP contribution < -0.4 is 0 Å².